The lowest BCUT2D eigenvalue weighted by Gasteiger charge is -2.04. The summed E-state index contributed by atoms with van der Waals surface area (Å²) >= 11 is 5.37. The summed E-state index contributed by atoms with van der Waals surface area (Å²) in [6.45, 7) is 7.25. The Labute approximate surface area is 107 Å². The fourth-order valence-corrected chi connectivity index (χ4v) is 2.31. The molecule has 1 N–H and O–H groups in total. The van der Waals surface area contributed by atoms with E-state index in [0.29, 0.717) is 0 Å². The number of H-pyrrole nitrogens is 1. The zero-order valence-electron chi connectivity index (χ0n) is 10.6. The Hall–Kier alpha value is -1.35. The Bertz CT molecular complexity index is 617. The van der Waals surface area contributed by atoms with Gasteiger partial charge in [-0.25, -0.2) is 0 Å². The minimum Gasteiger partial charge on any atom is -0.331 e. The summed E-state index contributed by atoms with van der Waals surface area (Å²) in [7, 11) is 0. The van der Waals surface area contributed by atoms with Crippen LogP contribution in [-0.4, -0.2) is 9.55 Å². The summed E-state index contributed by atoms with van der Waals surface area (Å²) in [6, 6.07) is 4.39. The first kappa shape index (κ1) is 12.1. The van der Waals surface area contributed by atoms with Gasteiger partial charge in [0, 0.05) is 6.54 Å². The van der Waals surface area contributed by atoms with Gasteiger partial charge in [0.05, 0.1) is 11.0 Å². The van der Waals surface area contributed by atoms with Gasteiger partial charge in [-0.1, -0.05) is 12.2 Å². The van der Waals surface area contributed by atoms with Crippen LogP contribution in [0.25, 0.3) is 11.0 Å². The summed E-state index contributed by atoms with van der Waals surface area (Å²) in [6.07, 6.45) is 5.26. The number of benzene rings is 1. The van der Waals surface area contributed by atoms with Crippen LogP contribution < -0.4 is 0 Å². The third kappa shape index (κ3) is 2.34. The Balaban J connectivity index is 2.51. The molecule has 2 rings (SSSR count). The first-order valence-electron chi connectivity index (χ1n) is 5.94. The number of aromatic nitrogens is 2. The van der Waals surface area contributed by atoms with Gasteiger partial charge in [-0.2, -0.15) is 0 Å². The molecule has 2 aromatic rings. The van der Waals surface area contributed by atoms with Crippen molar-refractivity contribution in [1.82, 2.24) is 9.55 Å². The molecule has 0 aliphatic carbocycles. The van der Waals surface area contributed by atoms with Gasteiger partial charge < -0.3 is 9.55 Å². The van der Waals surface area contributed by atoms with E-state index in [4.69, 9.17) is 12.2 Å². The van der Waals surface area contributed by atoms with Crippen molar-refractivity contribution in [3.8, 4) is 0 Å². The zero-order valence-corrected chi connectivity index (χ0v) is 11.4. The predicted octanol–water partition coefficient (Wildman–Crippen LogP) is 4.28. The fourth-order valence-electron chi connectivity index (χ4n) is 2.01. The number of aryl methyl sites for hydroxylation is 3. The van der Waals surface area contributed by atoms with E-state index >= 15 is 0 Å². The second-order valence-electron chi connectivity index (χ2n) is 4.39. The maximum atomic E-state index is 5.37. The van der Waals surface area contributed by atoms with Gasteiger partial charge >= 0.3 is 0 Å². The molecule has 0 spiro atoms. The second kappa shape index (κ2) is 4.88. The number of hydrogen-bond donors (Lipinski definition) is 1. The molecule has 1 heterocycles. The molecule has 1 aromatic carbocycles. The maximum absolute atomic E-state index is 5.37. The van der Waals surface area contributed by atoms with Crippen molar-refractivity contribution in [1.29, 1.82) is 0 Å². The van der Waals surface area contributed by atoms with Gasteiger partial charge in [0.15, 0.2) is 4.77 Å². The molecule has 1 aromatic heterocycles. The van der Waals surface area contributed by atoms with Crippen LogP contribution in [0.1, 0.15) is 24.5 Å². The molecule has 90 valence electrons. The molecule has 0 unspecified atom stereocenters. The molecule has 0 aliphatic heterocycles. The summed E-state index contributed by atoms with van der Waals surface area (Å²) < 4.78 is 2.99. The number of nitrogens with zero attached hydrogens (tertiary/aromatic N) is 1. The van der Waals surface area contributed by atoms with Gasteiger partial charge in [-0.15, -0.1) is 0 Å². The van der Waals surface area contributed by atoms with E-state index in [1.807, 2.05) is 6.92 Å². The van der Waals surface area contributed by atoms with Crippen LogP contribution in [0.15, 0.2) is 24.3 Å². The summed E-state index contributed by atoms with van der Waals surface area (Å²) in [4.78, 5) is 3.28. The molecule has 3 heteroatoms. The normalized spacial score (nSPS) is 11.7. The molecule has 2 nitrogen and oxygen atoms in total. The van der Waals surface area contributed by atoms with Gasteiger partial charge in [0.1, 0.15) is 0 Å². The van der Waals surface area contributed by atoms with E-state index < -0.39 is 0 Å². The fraction of sp³-hybridized carbons (Fsp3) is 0.357. The molecule has 0 aliphatic rings. The van der Waals surface area contributed by atoms with Crippen molar-refractivity contribution in [2.45, 2.75) is 33.7 Å². The average Bonchev–Trinajstić information content (AvgIpc) is 2.57. The SMILES string of the molecule is C/C=C/CCn1c(=S)[nH]c2cc(C)c(C)cc21. The van der Waals surface area contributed by atoms with Gasteiger partial charge in [0.2, 0.25) is 0 Å². The van der Waals surface area contributed by atoms with E-state index in [9.17, 15) is 0 Å². The van der Waals surface area contributed by atoms with E-state index in [2.05, 4.69) is 47.7 Å². The minimum atomic E-state index is 0.814. The molecule has 0 bridgehead atoms. The lowest BCUT2D eigenvalue weighted by molar-refractivity contribution is 0.720. The number of aromatic amines is 1. The first-order chi connectivity index (χ1) is 8.13. The lowest BCUT2D eigenvalue weighted by Crippen LogP contribution is -1.97. The maximum Gasteiger partial charge on any atom is 0.178 e. The molecule has 0 radical (unpaired) electrons. The quantitative estimate of drug-likeness (QED) is 0.633. The van der Waals surface area contributed by atoms with Crippen LogP contribution in [0.5, 0.6) is 0 Å². The predicted molar refractivity (Wildman–Crippen MR) is 76.0 cm³/mol. The lowest BCUT2D eigenvalue weighted by atomic mass is 10.1. The molecule has 0 saturated carbocycles. The largest absolute Gasteiger partial charge is 0.331 e. The molecule has 0 amide bonds. The number of imidazole rings is 1. The van der Waals surface area contributed by atoms with E-state index in [1.54, 1.807) is 0 Å². The number of nitrogens with one attached hydrogen (secondary N) is 1. The summed E-state index contributed by atoms with van der Waals surface area (Å²) in [5, 5.41) is 0. The van der Waals surface area contributed by atoms with E-state index in [-0.39, 0.29) is 0 Å². The molecular weight excluding hydrogens is 228 g/mol. The van der Waals surface area contributed by atoms with Crippen LogP contribution in [0, 0.1) is 18.6 Å². The van der Waals surface area contributed by atoms with Gasteiger partial charge in [0.25, 0.3) is 0 Å². The van der Waals surface area contributed by atoms with Gasteiger partial charge in [-0.3, -0.25) is 0 Å². The van der Waals surface area contributed by atoms with E-state index in [1.165, 1.54) is 16.6 Å². The van der Waals surface area contributed by atoms with Crippen LogP contribution >= 0.6 is 12.2 Å². The Morgan fingerprint density at radius 2 is 2.00 bits per heavy atom. The topological polar surface area (TPSA) is 20.7 Å². The third-order valence-electron chi connectivity index (χ3n) is 3.14. The second-order valence-corrected chi connectivity index (χ2v) is 4.78. The Kier molecular flexibility index (Phi) is 3.48. The van der Waals surface area contributed by atoms with Crippen molar-refractivity contribution in [2.75, 3.05) is 0 Å². The Morgan fingerprint density at radius 3 is 2.71 bits per heavy atom. The molecule has 17 heavy (non-hydrogen) atoms. The third-order valence-corrected chi connectivity index (χ3v) is 3.47. The van der Waals surface area contributed by atoms with Crippen molar-refractivity contribution < 1.29 is 0 Å². The number of fused-ring (bicyclic) bond motifs is 1. The molecule has 0 atom stereocenters. The van der Waals surface area contributed by atoms with Crippen molar-refractivity contribution in [3.63, 3.8) is 0 Å². The van der Waals surface area contributed by atoms with E-state index in [0.717, 1.165) is 23.3 Å². The summed E-state index contributed by atoms with van der Waals surface area (Å²) in [5.74, 6) is 0. The molecule has 0 saturated heterocycles. The highest BCUT2D eigenvalue weighted by Crippen LogP contribution is 2.19. The number of rotatable bonds is 3. The van der Waals surface area contributed by atoms with Crippen molar-refractivity contribution in [2.24, 2.45) is 0 Å². The monoisotopic (exact) mass is 246 g/mol. The highest BCUT2D eigenvalue weighted by molar-refractivity contribution is 7.71. The number of hydrogen-bond acceptors (Lipinski definition) is 1. The van der Waals surface area contributed by atoms with Crippen molar-refractivity contribution >= 4 is 23.3 Å². The zero-order chi connectivity index (χ0) is 12.4. The summed E-state index contributed by atoms with van der Waals surface area (Å²) in [5.41, 5.74) is 4.96. The average molecular weight is 246 g/mol. The number of allylic oxidation sites excluding steroid dienone is 2. The minimum absolute atomic E-state index is 0.814. The van der Waals surface area contributed by atoms with Crippen LogP contribution in [0.2, 0.25) is 0 Å². The highest BCUT2D eigenvalue weighted by atomic mass is 32.1. The van der Waals surface area contributed by atoms with Crippen LogP contribution in [0.4, 0.5) is 0 Å². The highest BCUT2D eigenvalue weighted by Gasteiger charge is 2.05. The molecule has 0 fully saturated rings. The van der Waals surface area contributed by atoms with Crippen molar-refractivity contribution in [3.05, 3.63) is 40.2 Å². The standard InChI is InChI=1S/C14H18N2S/c1-4-5-6-7-16-13-9-11(3)10(2)8-12(13)15-14(16)17/h4-5,8-9H,6-7H2,1-3H3,(H,15,17)/b5-4+. The smallest absolute Gasteiger partial charge is 0.178 e. The van der Waals surface area contributed by atoms with Gasteiger partial charge in [-0.05, 0) is 62.7 Å². The van der Waals surface area contributed by atoms with Crippen LogP contribution in [-0.2, 0) is 6.54 Å². The Morgan fingerprint density at radius 1 is 1.29 bits per heavy atom. The van der Waals surface area contributed by atoms with Crippen LogP contribution in [0.3, 0.4) is 0 Å². The first-order valence-corrected chi connectivity index (χ1v) is 6.35. The molecular formula is C14H18N2S.